The minimum atomic E-state index is -0.694. The fraction of sp³-hybridized carbons (Fsp3) is 0.357. The maximum absolute atomic E-state index is 12.6. The summed E-state index contributed by atoms with van der Waals surface area (Å²) in [5.74, 6) is -1.58. The van der Waals surface area contributed by atoms with Crippen LogP contribution in [0.15, 0.2) is 24.3 Å². The molecule has 2 fully saturated rings. The van der Waals surface area contributed by atoms with Crippen molar-refractivity contribution < 1.29 is 9.59 Å². The third kappa shape index (κ3) is 7.06. The summed E-state index contributed by atoms with van der Waals surface area (Å²) in [5.41, 5.74) is 12.1. The Labute approximate surface area is 274 Å². The first-order valence-electron chi connectivity index (χ1n) is 15.2. The number of hydrogen-bond acceptors (Lipinski definition) is 12. The Bertz CT molecular complexity index is 1650. The van der Waals surface area contributed by atoms with E-state index in [1.54, 1.807) is 24.3 Å². The molecule has 2 aliphatic rings. The molecule has 5 rings (SSSR count). The van der Waals surface area contributed by atoms with E-state index < -0.39 is 24.0 Å². The Kier molecular flexibility index (Phi) is 9.62. The lowest BCUT2D eigenvalue weighted by Crippen LogP contribution is -2.37. The topological polar surface area (TPSA) is 314 Å². The van der Waals surface area contributed by atoms with Gasteiger partial charge in [-0.3, -0.25) is 62.3 Å². The number of anilines is 4. The number of nitrogens with zero attached hydrogens (tertiary/aromatic N) is 8. The van der Waals surface area contributed by atoms with Gasteiger partial charge in [-0.25, -0.2) is 0 Å². The molecule has 2 unspecified atom stereocenters. The minimum absolute atomic E-state index is 0.0215. The van der Waals surface area contributed by atoms with Crippen molar-refractivity contribution in [3.8, 4) is 22.8 Å². The van der Waals surface area contributed by atoms with Gasteiger partial charge in [0, 0.05) is 11.1 Å². The van der Waals surface area contributed by atoms with E-state index in [2.05, 4.69) is 51.2 Å². The number of rotatable bonds is 12. The number of carbonyl (C=O) groups excluding carboxylic acids is 2. The largest absolute Gasteiger partial charge is 0.370 e. The van der Waals surface area contributed by atoms with Gasteiger partial charge in [0.1, 0.15) is 12.1 Å². The molecule has 0 spiro atoms. The van der Waals surface area contributed by atoms with Crippen molar-refractivity contribution in [2.45, 2.75) is 64.5 Å². The van der Waals surface area contributed by atoms with Crippen molar-refractivity contribution in [3.05, 3.63) is 24.3 Å². The van der Waals surface area contributed by atoms with Crippen LogP contribution in [-0.2, 0) is 9.59 Å². The predicted octanol–water partition coefficient (Wildman–Crippen LogP) is 0.861. The standard InChI is InChI=1S/C28H36N18O2/c1-3-5-7-15-19(47)39-23(33)45(15)27-37-17(35-25(43-27)41-21(29)30)13-9-11-14(12-10-13)18-36-26(42-22(31)32)44-28(38-18)46-16(8-6-4-2)20(48)40-24(46)34/h9-12,15-16H,3-8H2,1-2H3,(H2,33,39,47)(H2,34,40,48)(H4,29,30,35,37,41,43)(H4,31,32,36,38,42,44). The van der Waals surface area contributed by atoms with Crippen LogP contribution in [0.25, 0.3) is 22.8 Å². The monoisotopic (exact) mass is 656 g/mol. The zero-order valence-electron chi connectivity index (χ0n) is 26.3. The molecular weight excluding hydrogens is 620 g/mol. The van der Waals surface area contributed by atoms with Crippen molar-refractivity contribution in [1.82, 2.24) is 40.5 Å². The Morgan fingerprint density at radius 2 is 1.08 bits per heavy atom. The first-order chi connectivity index (χ1) is 23.0. The number of unbranched alkanes of at least 4 members (excludes halogenated alkanes) is 2. The number of nitrogens with two attached hydrogens (primary N) is 2. The fourth-order valence-corrected chi connectivity index (χ4v) is 5.18. The molecule has 48 heavy (non-hydrogen) atoms. The van der Waals surface area contributed by atoms with Gasteiger partial charge in [0.05, 0.1) is 0 Å². The van der Waals surface area contributed by atoms with Gasteiger partial charge in [-0.05, 0) is 12.8 Å². The van der Waals surface area contributed by atoms with Crippen molar-refractivity contribution in [3.63, 3.8) is 0 Å². The molecule has 0 saturated carbocycles. The average Bonchev–Trinajstić information content (AvgIpc) is 3.49. The second kappa shape index (κ2) is 14.0. The van der Waals surface area contributed by atoms with Gasteiger partial charge in [-0.1, -0.05) is 63.8 Å². The maximum atomic E-state index is 12.6. The Morgan fingerprint density at radius 1 is 0.708 bits per heavy atom. The van der Waals surface area contributed by atoms with Crippen LogP contribution >= 0.6 is 0 Å². The molecule has 3 aromatic rings. The first-order valence-corrected chi connectivity index (χ1v) is 15.2. The number of guanidine groups is 4. The van der Waals surface area contributed by atoms with Crippen molar-refractivity contribution in [2.24, 2.45) is 11.5 Å². The smallest absolute Gasteiger partial charge is 0.249 e. The molecule has 4 heterocycles. The second-order valence-corrected chi connectivity index (χ2v) is 11.0. The lowest BCUT2D eigenvalue weighted by molar-refractivity contribution is -0.120. The van der Waals surface area contributed by atoms with E-state index in [1.807, 2.05) is 13.8 Å². The lowest BCUT2D eigenvalue weighted by Gasteiger charge is -2.22. The SMILES string of the molecule is CCCCC1C(=O)NC(=N)N1c1nc(NC(=N)N)nc(-c2ccc(-c3nc(NC(=N)N)nc(N4C(=N)NC(=O)C4CCCC)n3)cc2)n1. The van der Waals surface area contributed by atoms with Crippen LogP contribution in [-0.4, -0.2) is 77.6 Å². The number of carbonyl (C=O) groups is 2. The van der Waals surface area contributed by atoms with E-state index >= 15 is 0 Å². The first kappa shape index (κ1) is 33.0. The highest BCUT2D eigenvalue weighted by Crippen LogP contribution is 2.28. The molecule has 0 bridgehead atoms. The van der Waals surface area contributed by atoms with Gasteiger partial charge in [0.2, 0.25) is 47.5 Å². The molecule has 20 nitrogen and oxygen atoms in total. The van der Waals surface area contributed by atoms with E-state index in [9.17, 15) is 9.59 Å². The summed E-state index contributed by atoms with van der Waals surface area (Å²) in [6.45, 7) is 4.00. The van der Waals surface area contributed by atoms with Crippen molar-refractivity contribution >= 4 is 59.4 Å². The molecule has 2 amide bonds. The van der Waals surface area contributed by atoms with Crippen LogP contribution in [0.2, 0.25) is 0 Å². The molecule has 250 valence electrons. The van der Waals surface area contributed by atoms with Gasteiger partial charge >= 0.3 is 0 Å². The van der Waals surface area contributed by atoms with E-state index in [1.165, 1.54) is 9.80 Å². The number of nitrogens with one attached hydrogen (secondary N) is 8. The quantitative estimate of drug-likeness (QED) is 0.0955. The zero-order valence-corrected chi connectivity index (χ0v) is 26.3. The number of aromatic nitrogens is 6. The maximum Gasteiger partial charge on any atom is 0.249 e. The molecule has 12 N–H and O–H groups in total. The van der Waals surface area contributed by atoms with Gasteiger partial charge in [-0.15, -0.1) is 0 Å². The summed E-state index contributed by atoms with van der Waals surface area (Å²) in [6.07, 6.45) is 4.14. The number of hydrogen-bond donors (Lipinski definition) is 10. The van der Waals surface area contributed by atoms with Crippen LogP contribution in [0.5, 0.6) is 0 Å². The molecule has 0 aliphatic carbocycles. The van der Waals surface area contributed by atoms with Crippen LogP contribution in [0, 0.1) is 21.6 Å². The molecule has 1 aromatic carbocycles. The molecule has 2 atom stereocenters. The summed E-state index contributed by atoms with van der Waals surface area (Å²) in [5, 5.41) is 42.3. The zero-order chi connectivity index (χ0) is 34.5. The molecule has 0 radical (unpaired) electrons. The third-order valence-electron chi connectivity index (χ3n) is 7.43. The van der Waals surface area contributed by atoms with Gasteiger partial charge in [0.15, 0.2) is 23.6 Å². The highest BCUT2D eigenvalue weighted by molar-refractivity contribution is 6.15. The molecule has 2 saturated heterocycles. The normalized spacial score (nSPS) is 17.4. The second-order valence-electron chi connectivity index (χ2n) is 11.0. The van der Waals surface area contributed by atoms with E-state index in [0.29, 0.717) is 24.0 Å². The van der Waals surface area contributed by atoms with Crippen molar-refractivity contribution in [1.29, 1.82) is 21.6 Å². The Balaban J connectivity index is 1.52. The number of benzene rings is 1. The summed E-state index contributed by atoms with van der Waals surface area (Å²) < 4.78 is 0. The summed E-state index contributed by atoms with van der Waals surface area (Å²) in [6, 6.07) is 5.36. The fourth-order valence-electron chi connectivity index (χ4n) is 5.18. The average molecular weight is 657 g/mol. The van der Waals surface area contributed by atoms with Gasteiger partial charge < -0.3 is 11.5 Å². The molecule has 2 aliphatic heterocycles. The predicted molar refractivity (Wildman–Crippen MR) is 178 cm³/mol. The molecule has 2 aromatic heterocycles. The van der Waals surface area contributed by atoms with E-state index in [-0.39, 0.29) is 59.2 Å². The van der Waals surface area contributed by atoms with E-state index in [0.717, 1.165) is 25.7 Å². The summed E-state index contributed by atoms with van der Waals surface area (Å²) >= 11 is 0. The van der Waals surface area contributed by atoms with Gasteiger partial charge in [-0.2, -0.15) is 29.9 Å². The Morgan fingerprint density at radius 3 is 1.42 bits per heavy atom. The van der Waals surface area contributed by atoms with Gasteiger partial charge in [0.25, 0.3) is 0 Å². The van der Waals surface area contributed by atoms with Crippen LogP contribution in [0.3, 0.4) is 0 Å². The highest BCUT2D eigenvalue weighted by atomic mass is 16.2. The van der Waals surface area contributed by atoms with Crippen molar-refractivity contribution in [2.75, 3.05) is 20.4 Å². The van der Waals surface area contributed by atoms with Crippen LogP contribution in [0.1, 0.15) is 52.4 Å². The number of amides is 2. The third-order valence-corrected chi connectivity index (χ3v) is 7.43. The minimum Gasteiger partial charge on any atom is -0.370 e. The summed E-state index contributed by atoms with van der Waals surface area (Å²) in [7, 11) is 0. The molecule has 20 heteroatoms. The van der Waals surface area contributed by atoms with E-state index in [4.69, 9.17) is 33.1 Å². The lowest BCUT2D eigenvalue weighted by atomic mass is 10.1. The highest BCUT2D eigenvalue weighted by Gasteiger charge is 2.40. The summed E-state index contributed by atoms with van der Waals surface area (Å²) in [4.78, 5) is 54.7. The van der Waals surface area contributed by atoms with Crippen LogP contribution in [0.4, 0.5) is 23.8 Å². The van der Waals surface area contributed by atoms with Crippen LogP contribution < -0.4 is 42.5 Å². The molecular formula is C28H36N18O2. The Hall–Kier alpha value is -6.34.